The molecule has 2 aromatic rings. The molecule has 1 aliphatic rings. The maximum Gasteiger partial charge on any atom is 0.227 e. The smallest absolute Gasteiger partial charge is 0.227 e. The largest absolute Gasteiger partial charge is 0.360 e. The van der Waals surface area contributed by atoms with Crippen molar-refractivity contribution in [2.24, 2.45) is 5.92 Å². The Labute approximate surface area is 111 Å². The van der Waals surface area contributed by atoms with Gasteiger partial charge in [0.05, 0.1) is 0 Å². The van der Waals surface area contributed by atoms with Gasteiger partial charge in [-0.15, -0.1) is 0 Å². The van der Waals surface area contributed by atoms with Gasteiger partial charge in [-0.1, -0.05) is 5.16 Å². The summed E-state index contributed by atoms with van der Waals surface area (Å²) < 4.78 is 4.98. The number of nitrogens with zero attached hydrogens (tertiary/aromatic N) is 1. The first kappa shape index (κ1) is 11.8. The summed E-state index contributed by atoms with van der Waals surface area (Å²) in [7, 11) is 0. The summed E-state index contributed by atoms with van der Waals surface area (Å²) in [5, 5.41) is 9.88. The lowest BCUT2D eigenvalue weighted by molar-refractivity contribution is -0.117. The number of hydrogen-bond acceptors (Lipinski definition) is 4. The Kier molecular flexibility index (Phi) is 2.95. The number of anilines is 3. The summed E-state index contributed by atoms with van der Waals surface area (Å²) >= 11 is 0. The molecule has 1 heterocycles. The van der Waals surface area contributed by atoms with Gasteiger partial charge in [0.2, 0.25) is 5.91 Å². The molecule has 19 heavy (non-hydrogen) atoms. The highest BCUT2D eigenvalue weighted by Gasteiger charge is 2.29. The van der Waals surface area contributed by atoms with E-state index in [0.717, 1.165) is 30.0 Å². The molecule has 0 unspecified atom stereocenters. The van der Waals surface area contributed by atoms with Crippen molar-refractivity contribution in [1.29, 1.82) is 0 Å². The molecular formula is C14H15N3O2. The fourth-order valence-corrected chi connectivity index (χ4v) is 1.80. The topological polar surface area (TPSA) is 67.2 Å². The number of amides is 1. The van der Waals surface area contributed by atoms with Gasteiger partial charge >= 0.3 is 0 Å². The van der Waals surface area contributed by atoms with E-state index in [1.807, 2.05) is 37.3 Å². The van der Waals surface area contributed by atoms with Crippen molar-refractivity contribution in [3.63, 3.8) is 0 Å². The van der Waals surface area contributed by atoms with E-state index in [1.54, 1.807) is 0 Å². The van der Waals surface area contributed by atoms with E-state index in [2.05, 4.69) is 15.8 Å². The summed E-state index contributed by atoms with van der Waals surface area (Å²) in [6, 6.07) is 9.35. The van der Waals surface area contributed by atoms with Crippen molar-refractivity contribution >= 4 is 23.1 Å². The van der Waals surface area contributed by atoms with Gasteiger partial charge in [-0.3, -0.25) is 4.79 Å². The highest BCUT2D eigenvalue weighted by atomic mass is 16.5. The number of rotatable bonds is 4. The fraction of sp³-hybridized carbons (Fsp3) is 0.286. The van der Waals surface area contributed by atoms with Crippen LogP contribution in [0.1, 0.15) is 18.6 Å². The van der Waals surface area contributed by atoms with E-state index in [0.29, 0.717) is 5.82 Å². The minimum absolute atomic E-state index is 0.118. The summed E-state index contributed by atoms with van der Waals surface area (Å²) in [5.74, 6) is 1.77. The van der Waals surface area contributed by atoms with Gasteiger partial charge in [-0.05, 0) is 44.0 Å². The lowest BCUT2D eigenvalue weighted by Gasteiger charge is -2.06. The molecule has 0 spiro atoms. The van der Waals surface area contributed by atoms with Crippen molar-refractivity contribution in [1.82, 2.24) is 5.16 Å². The highest BCUT2D eigenvalue weighted by molar-refractivity contribution is 5.94. The van der Waals surface area contributed by atoms with Crippen LogP contribution in [0.4, 0.5) is 17.2 Å². The standard InChI is InChI=1S/C14H15N3O2/c1-9-8-13(17-19-9)15-11-4-6-12(7-5-11)16-14(18)10-2-3-10/h4-8,10H,2-3H2,1H3,(H,15,17)(H,16,18). The molecule has 0 bridgehead atoms. The maximum absolute atomic E-state index is 11.6. The van der Waals surface area contributed by atoms with Gasteiger partial charge in [-0.25, -0.2) is 0 Å². The average Bonchev–Trinajstić information content (AvgIpc) is 3.17. The molecule has 0 atom stereocenters. The summed E-state index contributed by atoms with van der Waals surface area (Å²) in [6.07, 6.45) is 2.02. The van der Waals surface area contributed by atoms with E-state index in [4.69, 9.17) is 4.52 Å². The van der Waals surface area contributed by atoms with Gasteiger partial charge in [0.1, 0.15) is 5.76 Å². The van der Waals surface area contributed by atoms with Crippen LogP contribution in [0, 0.1) is 12.8 Å². The predicted molar refractivity (Wildman–Crippen MR) is 72.3 cm³/mol. The van der Waals surface area contributed by atoms with Crippen LogP contribution in [-0.2, 0) is 4.79 Å². The van der Waals surface area contributed by atoms with Gasteiger partial charge < -0.3 is 15.2 Å². The van der Waals surface area contributed by atoms with Crippen molar-refractivity contribution < 1.29 is 9.32 Å². The fourth-order valence-electron chi connectivity index (χ4n) is 1.80. The first-order valence-corrected chi connectivity index (χ1v) is 6.32. The van der Waals surface area contributed by atoms with Crippen molar-refractivity contribution in [2.75, 3.05) is 10.6 Å². The lowest BCUT2D eigenvalue weighted by Crippen LogP contribution is -2.13. The molecule has 1 saturated carbocycles. The average molecular weight is 257 g/mol. The number of aryl methyl sites for hydroxylation is 1. The monoisotopic (exact) mass is 257 g/mol. The van der Waals surface area contributed by atoms with E-state index in [-0.39, 0.29) is 11.8 Å². The minimum Gasteiger partial charge on any atom is -0.360 e. The molecule has 0 aliphatic heterocycles. The molecule has 1 aliphatic carbocycles. The number of aromatic nitrogens is 1. The van der Waals surface area contributed by atoms with Crippen LogP contribution >= 0.6 is 0 Å². The molecular weight excluding hydrogens is 242 g/mol. The van der Waals surface area contributed by atoms with Crippen LogP contribution in [0.15, 0.2) is 34.9 Å². The Hall–Kier alpha value is -2.30. The van der Waals surface area contributed by atoms with Crippen LogP contribution in [0.5, 0.6) is 0 Å². The molecule has 5 heteroatoms. The minimum atomic E-state index is 0.118. The number of hydrogen-bond donors (Lipinski definition) is 2. The number of carbonyl (C=O) groups excluding carboxylic acids is 1. The summed E-state index contributed by atoms with van der Waals surface area (Å²) in [6.45, 7) is 1.84. The second-order valence-corrected chi connectivity index (χ2v) is 4.79. The third kappa shape index (κ3) is 2.93. The third-order valence-electron chi connectivity index (χ3n) is 3.00. The van der Waals surface area contributed by atoms with Crippen LogP contribution < -0.4 is 10.6 Å². The molecule has 98 valence electrons. The Bertz CT molecular complexity index is 585. The van der Waals surface area contributed by atoms with Gasteiger partial charge in [-0.2, -0.15) is 0 Å². The number of carbonyl (C=O) groups is 1. The third-order valence-corrected chi connectivity index (χ3v) is 3.00. The molecule has 1 amide bonds. The Balaban J connectivity index is 1.63. The summed E-state index contributed by atoms with van der Waals surface area (Å²) in [4.78, 5) is 11.6. The molecule has 1 aromatic heterocycles. The van der Waals surface area contributed by atoms with Crippen LogP contribution in [0.3, 0.4) is 0 Å². The summed E-state index contributed by atoms with van der Waals surface area (Å²) in [5.41, 5.74) is 1.72. The predicted octanol–water partition coefficient (Wildman–Crippen LogP) is 3.08. The molecule has 3 rings (SSSR count). The Morgan fingerprint density at radius 1 is 1.26 bits per heavy atom. The van der Waals surface area contributed by atoms with Crippen molar-refractivity contribution in [2.45, 2.75) is 19.8 Å². The zero-order valence-corrected chi connectivity index (χ0v) is 10.6. The SMILES string of the molecule is Cc1cc(Nc2ccc(NC(=O)C3CC3)cc2)no1. The quantitative estimate of drug-likeness (QED) is 0.883. The Morgan fingerprint density at radius 3 is 2.53 bits per heavy atom. The van der Waals surface area contributed by atoms with E-state index < -0.39 is 0 Å². The second kappa shape index (κ2) is 4.76. The molecule has 0 radical (unpaired) electrons. The zero-order chi connectivity index (χ0) is 13.2. The second-order valence-electron chi connectivity index (χ2n) is 4.79. The number of benzene rings is 1. The zero-order valence-electron chi connectivity index (χ0n) is 10.6. The van der Waals surface area contributed by atoms with E-state index in [1.165, 1.54) is 0 Å². The van der Waals surface area contributed by atoms with Crippen LogP contribution in [-0.4, -0.2) is 11.1 Å². The Morgan fingerprint density at radius 2 is 1.95 bits per heavy atom. The molecule has 2 N–H and O–H groups in total. The van der Waals surface area contributed by atoms with Crippen LogP contribution in [0.25, 0.3) is 0 Å². The van der Waals surface area contributed by atoms with Gasteiger partial charge in [0.25, 0.3) is 0 Å². The normalized spacial score (nSPS) is 14.2. The first-order valence-electron chi connectivity index (χ1n) is 6.32. The lowest BCUT2D eigenvalue weighted by atomic mass is 10.2. The van der Waals surface area contributed by atoms with Gasteiger partial charge in [0, 0.05) is 23.4 Å². The van der Waals surface area contributed by atoms with E-state index >= 15 is 0 Å². The molecule has 1 aromatic carbocycles. The number of nitrogens with one attached hydrogen (secondary N) is 2. The highest BCUT2D eigenvalue weighted by Crippen LogP contribution is 2.30. The van der Waals surface area contributed by atoms with E-state index in [9.17, 15) is 4.79 Å². The van der Waals surface area contributed by atoms with Gasteiger partial charge in [0.15, 0.2) is 5.82 Å². The first-order chi connectivity index (χ1) is 9.20. The molecule has 5 nitrogen and oxygen atoms in total. The van der Waals surface area contributed by atoms with Crippen LogP contribution in [0.2, 0.25) is 0 Å². The molecule has 1 fully saturated rings. The maximum atomic E-state index is 11.6. The van der Waals surface area contributed by atoms with Crippen molar-refractivity contribution in [3.8, 4) is 0 Å². The van der Waals surface area contributed by atoms with Crippen molar-refractivity contribution in [3.05, 3.63) is 36.1 Å². The molecule has 0 saturated heterocycles.